The van der Waals surface area contributed by atoms with Gasteiger partial charge in [-0.3, -0.25) is 9.59 Å². The largest absolute Gasteiger partial charge is 0.466 e. The summed E-state index contributed by atoms with van der Waals surface area (Å²) in [5.74, 6) is 0.398. The van der Waals surface area contributed by atoms with E-state index in [0.717, 1.165) is 56.9 Å². The number of hydrogen-bond donors (Lipinski definition) is 0. The topological polar surface area (TPSA) is 52.6 Å². The molecule has 28 heavy (non-hydrogen) atoms. The van der Waals surface area contributed by atoms with Crippen LogP contribution in [0.2, 0.25) is 0 Å². The Morgan fingerprint density at radius 3 is 2.07 bits per heavy atom. The van der Waals surface area contributed by atoms with Gasteiger partial charge in [-0.1, -0.05) is 70.4 Å². The lowest BCUT2D eigenvalue weighted by atomic mass is 10.1. The number of ether oxygens (including phenoxy) is 2. The van der Waals surface area contributed by atoms with Crippen molar-refractivity contribution in [2.45, 2.75) is 97.3 Å². The van der Waals surface area contributed by atoms with Gasteiger partial charge in [-0.15, -0.1) is 0 Å². The average molecular weight is 391 g/mol. The molecule has 4 nitrogen and oxygen atoms in total. The maximum Gasteiger partial charge on any atom is 0.311 e. The van der Waals surface area contributed by atoms with E-state index in [-0.39, 0.29) is 11.9 Å². The number of hydrogen-bond acceptors (Lipinski definition) is 4. The average Bonchev–Trinajstić information content (AvgIpc) is 2.66. The molecular formula is C24H38O4. The van der Waals surface area contributed by atoms with Gasteiger partial charge in [0.1, 0.15) is 5.75 Å². The monoisotopic (exact) mass is 390 g/mol. The first-order chi connectivity index (χ1) is 13.6. The summed E-state index contributed by atoms with van der Waals surface area (Å²) < 4.78 is 10.6. The molecule has 0 N–H and O–H groups in total. The van der Waals surface area contributed by atoms with Gasteiger partial charge in [-0.05, 0) is 43.9 Å². The van der Waals surface area contributed by atoms with Crippen molar-refractivity contribution in [2.75, 3.05) is 6.61 Å². The lowest BCUT2D eigenvalue weighted by Gasteiger charge is -2.06. The first-order valence-corrected chi connectivity index (χ1v) is 11.0. The maximum atomic E-state index is 11.8. The standard InChI is InChI=1S/C24H38O4/c1-3-4-5-10-13-19-27-23(25)17-11-8-6-7-9-12-18-24(26)28-22-16-14-15-21(2)20-22/h14-16,20H,3-13,17-19H2,1-2H3. The van der Waals surface area contributed by atoms with Gasteiger partial charge in [0.15, 0.2) is 0 Å². The molecule has 1 aromatic carbocycles. The molecule has 0 radical (unpaired) electrons. The molecule has 0 saturated carbocycles. The van der Waals surface area contributed by atoms with Crippen LogP contribution < -0.4 is 4.74 Å². The smallest absolute Gasteiger partial charge is 0.311 e. The molecule has 158 valence electrons. The van der Waals surface area contributed by atoms with Gasteiger partial charge in [0.2, 0.25) is 0 Å². The molecule has 0 fully saturated rings. The van der Waals surface area contributed by atoms with Crippen molar-refractivity contribution in [3.8, 4) is 5.75 Å². The number of aryl methyl sites for hydroxylation is 1. The number of unbranched alkanes of at least 4 members (excludes halogenated alkanes) is 9. The molecule has 1 aromatic rings. The van der Waals surface area contributed by atoms with E-state index in [9.17, 15) is 9.59 Å². The maximum absolute atomic E-state index is 11.8. The predicted molar refractivity (Wildman–Crippen MR) is 113 cm³/mol. The number of carbonyl (C=O) groups is 2. The molecular weight excluding hydrogens is 352 g/mol. The molecule has 0 aliphatic rings. The van der Waals surface area contributed by atoms with Crippen LogP contribution in [0.5, 0.6) is 5.75 Å². The van der Waals surface area contributed by atoms with Crippen molar-refractivity contribution in [1.29, 1.82) is 0 Å². The fourth-order valence-corrected chi connectivity index (χ4v) is 3.07. The van der Waals surface area contributed by atoms with Crippen molar-refractivity contribution in [3.63, 3.8) is 0 Å². The highest BCUT2D eigenvalue weighted by Gasteiger charge is 2.05. The van der Waals surface area contributed by atoms with Crippen molar-refractivity contribution >= 4 is 11.9 Å². The Morgan fingerprint density at radius 1 is 0.786 bits per heavy atom. The first-order valence-electron chi connectivity index (χ1n) is 11.0. The van der Waals surface area contributed by atoms with E-state index in [1.54, 1.807) is 0 Å². The van der Waals surface area contributed by atoms with Crippen LogP contribution in [0.25, 0.3) is 0 Å². The van der Waals surface area contributed by atoms with Gasteiger partial charge < -0.3 is 9.47 Å². The highest BCUT2D eigenvalue weighted by molar-refractivity contribution is 5.72. The van der Waals surface area contributed by atoms with E-state index in [1.165, 1.54) is 19.3 Å². The Hall–Kier alpha value is -1.84. The third-order valence-corrected chi connectivity index (χ3v) is 4.74. The second-order valence-electron chi connectivity index (χ2n) is 7.55. The van der Waals surface area contributed by atoms with Crippen molar-refractivity contribution in [1.82, 2.24) is 0 Å². The van der Waals surface area contributed by atoms with E-state index in [1.807, 2.05) is 31.2 Å². The quantitative estimate of drug-likeness (QED) is 0.183. The number of carbonyl (C=O) groups excluding carboxylic acids is 2. The first kappa shape index (κ1) is 24.2. The highest BCUT2D eigenvalue weighted by atomic mass is 16.5. The van der Waals surface area contributed by atoms with Crippen molar-refractivity contribution in [3.05, 3.63) is 29.8 Å². The third-order valence-electron chi connectivity index (χ3n) is 4.74. The van der Waals surface area contributed by atoms with Crippen LogP contribution in [0.1, 0.15) is 96.0 Å². The lowest BCUT2D eigenvalue weighted by molar-refractivity contribution is -0.144. The zero-order valence-corrected chi connectivity index (χ0v) is 17.8. The van der Waals surface area contributed by atoms with Crippen LogP contribution in [0.4, 0.5) is 0 Å². The summed E-state index contributed by atoms with van der Waals surface area (Å²) in [5.41, 5.74) is 1.08. The summed E-state index contributed by atoms with van der Waals surface area (Å²) in [5, 5.41) is 0. The summed E-state index contributed by atoms with van der Waals surface area (Å²) in [6, 6.07) is 7.55. The summed E-state index contributed by atoms with van der Waals surface area (Å²) in [4.78, 5) is 23.5. The number of benzene rings is 1. The molecule has 0 aliphatic heterocycles. The Labute approximate surface area is 171 Å². The van der Waals surface area contributed by atoms with Gasteiger partial charge in [0, 0.05) is 12.8 Å². The van der Waals surface area contributed by atoms with Gasteiger partial charge in [-0.25, -0.2) is 0 Å². The van der Waals surface area contributed by atoms with Crippen LogP contribution in [0, 0.1) is 6.92 Å². The molecule has 1 rings (SSSR count). The zero-order valence-electron chi connectivity index (χ0n) is 17.8. The Balaban J connectivity index is 1.89. The Kier molecular flexibility index (Phi) is 14.0. The van der Waals surface area contributed by atoms with E-state index in [0.29, 0.717) is 25.2 Å². The Bertz CT molecular complexity index is 553. The molecule has 4 heteroatoms. The number of rotatable bonds is 16. The lowest BCUT2D eigenvalue weighted by Crippen LogP contribution is -2.07. The SMILES string of the molecule is CCCCCCCOC(=O)CCCCCCCCC(=O)Oc1cccc(C)c1. The van der Waals surface area contributed by atoms with Crippen LogP contribution in [-0.2, 0) is 14.3 Å². The van der Waals surface area contributed by atoms with E-state index in [4.69, 9.17) is 9.47 Å². The normalized spacial score (nSPS) is 10.6. The van der Waals surface area contributed by atoms with Gasteiger partial charge in [-0.2, -0.15) is 0 Å². The fraction of sp³-hybridized carbons (Fsp3) is 0.667. The molecule has 0 bridgehead atoms. The third kappa shape index (κ3) is 13.3. The summed E-state index contributed by atoms with van der Waals surface area (Å²) >= 11 is 0. The second kappa shape index (κ2) is 16.1. The highest BCUT2D eigenvalue weighted by Crippen LogP contribution is 2.14. The van der Waals surface area contributed by atoms with Gasteiger partial charge >= 0.3 is 11.9 Å². The minimum absolute atomic E-state index is 0.0608. The fourth-order valence-electron chi connectivity index (χ4n) is 3.07. The van der Waals surface area contributed by atoms with Crippen LogP contribution >= 0.6 is 0 Å². The predicted octanol–water partition coefficient (Wildman–Crippen LogP) is 6.53. The molecule has 0 aliphatic carbocycles. The molecule has 0 amide bonds. The van der Waals surface area contributed by atoms with Gasteiger partial charge in [0.05, 0.1) is 6.61 Å². The van der Waals surface area contributed by atoms with E-state index < -0.39 is 0 Å². The minimum atomic E-state index is -0.164. The van der Waals surface area contributed by atoms with Crippen LogP contribution in [0.15, 0.2) is 24.3 Å². The molecule has 0 atom stereocenters. The molecule has 0 heterocycles. The zero-order chi connectivity index (χ0) is 20.5. The molecule has 0 spiro atoms. The summed E-state index contributed by atoms with van der Waals surface area (Å²) in [7, 11) is 0. The second-order valence-corrected chi connectivity index (χ2v) is 7.55. The van der Waals surface area contributed by atoms with Crippen LogP contribution in [-0.4, -0.2) is 18.5 Å². The summed E-state index contributed by atoms with van der Waals surface area (Å²) in [6.07, 6.45) is 12.8. The van der Waals surface area contributed by atoms with Crippen molar-refractivity contribution in [2.24, 2.45) is 0 Å². The van der Waals surface area contributed by atoms with Crippen molar-refractivity contribution < 1.29 is 19.1 Å². The molecule has 0 saturated heterocycles. The van der Waals surface area contributed by atoms with E-state index in [2.05, 4.69) is 6.92 Å². The molecule has 0 unspecified atom stereocenters. The van der Waals surface area contributed by atoms with Gasteiger partial charge in [0.25, 0.3) is 0 Å². The Morgan fingerprint density at radius 2 is 1.39 bits per heavy atom. The molecule has 0 aromatic heterocycles. The minimum Gasteiger partial charge on any atom is -0.466 e. The summed E-state index contributed by atoms with van der Waals surface area (Å²) in [6.45, 7) is 4.74. The van der Waals surface area contributed by atoms with Crippen LogP contribution in [0.3, 0.4) is 0 Å². The number of esters is 2. The van der Waals surface area contributed by atoms with E-state index >= 15 is 0 Å².